The molecule has 0 fully saturated rings. The molecule has 0 aliphatic carbocycles. The van der Waals surface area contributed by atoms with E-state index < -0.39 is 20.7 Å². The summed E-state index contributed by atoms with van der Waals surface area (Å²) in [5.41, 5.74) is 1.46. The fourth-order valence-corrected chi connectivity index (χ4v) is 2.14. The number of aryl methyl sites for hydroxylation is 1. The summed E-state index contributed by atoms with van der Waals surface area (Å²) in [6, 6.07) is 4.29. The Labute approximate surface area is 108 Å². The average Bonchev–Trinajstić information content (AvgIpc) is 2.21. The van der Waals surface area contributed by atoms with Crippen molar-refractivity contribution in [1.82, 2.24) is 0 Å². The van der Waals surface area contributed by atoms with Gasteiger partial charge in [0, 0.05) is 12.7 Å². The van der Waals surface area contributed by atoms with Crippen molar-refractivity contribution in [2.24, 2.45) is 0 Å². The van der Waals surface area contributed by atoms with Crippen LogP contribution in [0.5, 0.6) is 0 Å². The summed E-state index contributed by atoms with van der Waals surface area (Å²) in [6.45, 7) is 4.75. The summed E-state index contributed by atoms with van der Waals surface area (Å²) in [5.74, 6) is -0.389. The number of sulfone groups is 1. The van der Waals surface area contributed by atoms with Gasteiger partial charge in [0.05, 0.1) is 10.9 Å². The van der Waals surface area contributed by atoms with Crippen molar-refractivity contribution in [2.75, 3.05) is 6.26 Å². The summed E-state index contributed by atoms with van der Waals surface area (Å²) >= 11 is 0. The van der Waals surface area contributed by atoms with E-state index in [0.717, 1.165) is 11.8 Å². The molecule has 1 unspecified atom stereocenters. The summed E-state index contributed by atoms with van der Waals surface area (Å²) in [6.07, 6.45) is 0.131. The lowest BCUT2D eigenvalue weighted by molar-refractivity contribution is 0.137. The van der Waals surface area contributed by atoms with Crippen molar-refractivity contribution in [2.45, 2.75) is 38.0 Å². The lowest BCUT2D eigenvalue weighted by Gasteiger charge is -2.29. The van der Waals surface area contributed by atoms with Gasteiger partial charge in [0.2, 0.25) is 0 Å². The monoisotopic (exact) mass is 274 g/mol. The third-order valence-electron chi connectivity index (χ3n) is 3.48. The lowest BCUT2D eigenvalue weighted by Crippen LogP contribution is -2.44. The number of hydrogen-bond acceptors (Lipinski definition) is 3. The van der Waals surface area contributed by atoms with Crippen LogP contribution in [-0.4, -0.2) is 30.6 Å². The van der Waals surface area contributed by atoms with Crippen LogP contribution in [0.15, 0.2) is 18.2 Å². The number of benzene rings is 1. The fourth-order valence-electron chi connectivity index (χ4n) is 1.56. The molecule has 18 heavy (non-hydrogen) atoms. The first-order valence-corrected chi connectivity index (χ1v) is 7.57. The predicted molar refractivity (Wildman–Crippen MR) is 69.8 cm³/mol. The van der Waals surface area contributed by atoms with Crippen LogP contribution in [0.4, 0.5) is 4.39 Å². The number of rotatable bonds is 4. The molecule has 0 aliphatic heterocycles. The molecule has 1 aromatic carbocycles. The van der Waals surface area contributed by atoms with Gasteiger partial charge in [-0.1, -0.05) is 6.07 Å². The van der Waals surface area contributed by atoms with E-state index in [-0.39, 0.29) is 12.2 Å². The Hall–Kier alpha value is -0.940. The normalized spacial score (nSPS) is 14.6. The van der Waals surface area contributed by atoms with E-state index in [1.807, 2.05) is 0 Å². The van der Waals surface area contributed by atoms with Gasteiger partial charge in [-0.3, -0.25) is 0 Å². The first kappa shape index (κ1) is 15.1. The molecular weight excluding hydrogens is 255 g/mol. The molecule has 5 heteroatoms. The minimum Gasteiger partial charge on any atom is -0.391 e. The SMILES string of the molecule is Cc1ccc(F)cc1CC(O)C(C)(C)S(C)(=O)=O. The van der Waals surface area contributed by atoms with E-state index in [1.165, 1.54) is 26.0 Å². The summed E-state index contributed by atoms with van der Waals surface area (Å²) in [7, 11) is -3.39. The maximum Gasteiger partial charge on any atom is 0.155 e. The highest BCUT2D eigenvalue weighted by molar-refractivity contribution is 7.92. The first-order valence-electron chi connectivity index (χ1n) is 5.68. The molecule has 3 nitrogen and oxygen atoms in total. The van der Waals surface area contributed by atoms with Crippen LogP contribution in [0.2, 0.25) is 0 Å². The highest BCUT2D eigenvalue weighted by atomic mass is 32.2. The topological polar surface area (TPSA) is 54.4 Å². The first-order chi connectivity index (χ1) is 8.05. The van der Waals surface area contributed by atoms with Gasteiger partial charge in [-0.15, -0.1) is 0 Å². The second-order valence-corrected chi connectivity index (χ2v) is 7.76. The van der Waals surface area contributed by atoms with E-state index in [1.54, 1.807) is 13.0 Å². The third kappa shape index (κ3) is 3.09. The van der Waals surface area contributed by atoms with E-state index in [0.29, 0.717) is 5.56 Å². The van der Waals surface area contributed by atoms with Crippen molar-refractivity contribution < 1.29 is 17.9 Å². The molecule has 0 aliphatic rings. The quantitative estimate of drug-likeness (QED) is 0.912. The largest absolute Gasteiger partial charge is 0.391 e. The molecule has 1 N–H and O–H groups in total. The van der Waals surface area contributed by atoms with E-state index in [9.17, 15) is 17.9 Å². The second kappa shape index (κ2) is 4.97. The fraction of sp³-hybridized carbons (Fsp3) is 0.538. The van der Waals surface area contributed by atoms with Crippen molar-refractivity contribution in [3.05, 3.63) is 35.1 Å². The molecule has 0 spiro atoms. The highest BCUT2D eigenvalue weighted by Crippen LogP contribution is 2.24. The molecule has 1 atom stereocenters. The Kier molecular flexibility index (Phi) is 4.18. The number of aliphatic hydroxyl groups is 1. The van der Waals surface area contributed by atoms with Crippen molar-refractivity contribution in [1.29, 1.82) is 0 Å². The summed E-state index contributed by atoms with van der Waals surface area (Å²) in [5, 5.41) is 10.1. The Morgan fingerprint density at radius 2 is 1.94 bits per heavy atom. The average molecular weight is 274 g/mol. The highest BCUT2D eigenvalue weighted by Gasteiger charge is 2.38. The molecule has 102 valence electrons. The van der Waals surface area contributed by atoms with Crippen molar-refractivity contribution in [3.63, 3.8) is 0 Å². The smallest absolute Gasteiger partial charge is 0.155 e. The van der Waals surface area contributed by atoms with Crippen molar-refractivity contribution >= 4 is 9.84 Å². The van der Waals surface area contributed by atoms with Gasteiger partial charge >= 0.3 is 0 Å². The molecule has 0 amide bonds. The van der Waals surface area contributed by atoms with Gasteiger partial charge in [-0.25, -0.2) is 12.8 Å². The molecule has 0 bridgehead atoms. The lowest BCUT2D eigenvalue weighted by atomic mass is 9.96. The molecule has 1 rings (SSSR count). The third-order valence-corrected chi connectivity index (χ3v) is 5.67. The number of halogens is 1. The minimum atomic E-state index is -3.39. The maximum absolute atomic E-state index is 13.1. The van der Waals surface area contributed by atoms with Crippen LogP contribution in [-0.2, 0) is 16.3 Å². The van der Waals surface area contributed by atoms with Gasteiger partial charge < -0.3 is 5.11 Å². The van der Waals surface area contributed by atoms with E-state index in [2.05, 4.69) is 0 Å². The Morgan fingerprint density at radius 3 is 2.44 bits per heavy atom. The Bertz CT molecular complexity index is 535. The zero-order chi connectivity index (χ0) is 14.1. The van der Waals surface area contributed by atoms with Crippen molar-refractivity contribution in [3.8, 4) is 0 Å². The van der Waals surface area contributed by atoms with Crippen LogP contribution < -0.4 is 0 Å². The Morgan fingerprint density at radius 1 is 1.39 bits per heavy atom. The van der Waals surface area contributed by atoms with E-state index >= 15 is 0 Å². The number of aliphatic hydroxyl groups excluding tert-OH is 1. The van der Waals surface area contributed by atoms with Crippen LogP contribution in [0.3, 0.4) is 0 Å². The summed E-state index contributed by atoms with van der Waals surface area (Å²) < 4.78 is 35.1. The minimum absolute atomic E-state index is 0.115. The zero-order valence-electron chi connectivity index (χ0n) is 11.1. The predicted octanol–water partition coefficient (Wildman–Crippen LogP) is 1.86. The van der Waals surface area contributed by atoms with Gasteiger partial charge in [0.25, 0.3) is 0 Å². The molecular formula is C13H19FO3S. The summed E-state index contributed by atoms with van der Waals surface area (Å²) in [4.78, 5) is 0. The maximum atomic E-state index is 13.1. The standard InChI is InChI=1S/C13H19FO3S/c1-9-5-6-11(14)7-10(9)8-12(15)13(2,3)18(4,16)17/h5-7,12,15H,8H2,1-4H3. The molecule has 1 aromatic rings. The molecule has 0 saturated carbocycles. The van der Waals surface area contributed by atoms with Gasteiger partial charge in [0.1, 0.15) is 5.82 Å². The Balaban J connectivity index is 3.02. The van der Waals surface area contributed by atoms with Crippen LogP contribution in [0.1, 0.15) is 25.0 Å². The van der Waals surface area contributed by atoms with Gasteiger partial charge in [0.15, 0.2) is 9.84 Å². The van der Waals surface area contributed by atoms with Gasteiger partial charge in [-0.05, 0) is 44.0 Å². The molecule has 0 aromatic heterocycles. The number of hydrogen-bond donors (Lipinski definition) is 1. The van der Waals surface area contributed by atoms with E-state index in [4.69, 9.17) is 0 Å². The molecule has 0 radical (unpaired) electrons. The second-order valence-electron chi connectivity index (χ2n) is 5.17. The zero-order valence-corrected chi connectivity index (χ0v) is 11.9. The van der Waals surface area contributed by atoms with Crippen LogP contribution in [0.25, 0.3) is 0 Å². The van der Waals surface area contributed by atoms with Crippen LogP contribution in [0, 0.1) is 12.7 Å². The van der Waals surface area contributed by atoms with Gasteiger partial charge in [-0.2, -0.15) is 0 Å². The van der Waals surface area contributed by atoms with Crippen LogP contribution >= 0.6 is 0 Å². The molecule has 0 saturated heterocycles. The molecule has 0 heterocycles.